The van der Waals surface area contributed by atoms with Crippen LogP contribution in [0.2, 0.25) is 5.02 Å². The van der Waals surface area contributed by atoms with Crippen molar-refractivity contribution in [2.24, 2.45) is 0 Å². The van der Waals surface area contributed by atoms with Gasteiger partial charge < -0.3 is 14.4 Å². The van der Waals surface area contributed by atoms with Gasteiger partial charge in [0.1, 0.15) is 0 Å². The third-order valence-electron chi connectivity index (χ3n) is 4.43. The highest BCUT2D eigenvalue weighted by molar-refractivity contribution is 6.30. The fourth-order valence-electron chi connectivity index (χ4n) is 3.08. The van der Waals surface area contributed by atoms with Crippen molar-refractivity contribution in [3.05, 3.63) is 59.2 Å². The van der Waals surface area contributed by atoms with Crippen molar-refractivity contribution < 1.29 is 9.47 Å². The summed E-state index contributed by atoms with van der Waals surface area (Å²) in [5.74, 6) is 2.12. The average molecular weight is 383 g/mol. The first-order valence-electron chi connectivity index (χ1n) is 8.74. The number of nitrogens with zero attached hydrogens (tertiary/aromatic N) is 4. The number of rotatable bonds is 3. The number of halogens is 1. The zero-order chi connectivity index (χ0) is 18.6. The van der Waals surface area contributed by atoms with Crippen LogP contribution < -0.4 is 14.4 Å². The van der Waals surface area contributed by atoms with E-state index in [2.05, 4.69) is 15.1 Å². The van der Waals surface area contributed by atoms with E-state index >= 15 is 0 Å². The number of anilines is 1. The number of benzene rings is 2. The summed E-state index contributed by atoms with van der Waals surface area (Å²) < 4.78 is 11.4. The first-order valence-corrected chi connectivity index (χ1v) is 9.11. The molecule has 7 heteroatoms. The number of aromatic nitrogens is 3. The second kappa shape index (κ2) is 7.80. The molecule has 27 heavy (non-hydrogen) atoms. The van der Waals surface area contributed by atoms with Crippen LogP contribution in [0.5, 0.6) is 11.5 Å². The third-order valence-corrected chi connectivity index (χ3v) is 4.68. The van der Waals surface area contributed by atoms with Gasteiger partial charge in [0.2, 0.25) is 5.95 Å². The van der Waals surface area contributed by atoms with E-state index in [0.29, 0.717) is 24.1 Å². The molecule has 2 aromatic carbocycles. The van der Waals surface area contributed by atoms with Gasteiger partial charge in [-0.05, 0) is 24.6 Å². The Morgan fingerprint density at radius 3 is 2.81 bits per heavy atom. The second-order valence-corrected chi connectivity index (χ2v) is 6.66. The number of hydrogen-bond donors (Lipinski definition) is 0. The summed E-state index contributed by atoms with van der Waals surface area (Å²) in [6, 6.07) is 13.4. The second-order valence-electron chi connectivity index (χ2n) is 6.22. The molecule has 0 saturated carbocycles. The summed E-state index contributed by atoms with van der Waals surface area (Å²) in [5, 5.41) is 9.11. The molecule has 0 amide bonds. The molecular formula is C20H19ClN4O2. The molecular weight excluding hydrogens is 364 g/mol. The molecule has 0 spiro atoms. The van der Waals surface area contributed by atoms with Crippen molar-refractivity contribution in [1.29, 1.82) is 0 Å². The lowest BCUT2D eigenvalue weighted by atomic mass is 10.1. The Bertz CT molecular complexity index is 934. The normalized spacial score (nSPS) is 13.9. The van der Waals surface area contributed by atoms with E-state index in [-0.39, 0.29) is 0 Å². The van der Waals surface area contributed by atoms with Crippen LogP contribution in [0.15, 0.2) is 48.7 Å². The van der Waals surface area contributed by atoms with Gasteiger partial charge >= 0.3 is 0 Å². The number of ether oxygens (including phenoxy) is 2. The van der Waals surface area contributed by atoms with Crippen LogP contribution in [0.1, 0.15) is 12.0 Å². The van der Waals surface area contributed by atoms with Crippen molar-refractivity contribution in [3.63, 3.8) is 0 Å². The van der Waals surface area contributed by atoms with Crippen LogP contribution >= 0.6 is 11.6 Å². The minimum atomic E-state index is 0.595. The lowest BCUT2D eigenvalue weighted by molar-refractivity contribution is 0.281. The largest absolute Gasteiger partial charge is 0.493 e. The number of hydrogen-bond acceptors (Lipinski definition) is 6. The van der Waals surface area contributed by atoms with Crippen molar-refractivity contribution in [3.8, 4) is 22.8 Å². The Kier molecular flexibility index (Phi) is 5.07. The smallest absolute Gasteiger partial charge is 0.246 e. The Morgan fingerprint density at radius 2 is 2.00 bits per heavy atom. The number of fused-ring (bicyclic) bond motifs is 1. The molecule has 1 aliphatic rings. The molecule has 0 N–H and O–H groups in total. The van der Waals surface area contributed by atoms with E-state index in [0.717, 1.165) is 41.3 Å². The van der Waals surface area contributed by atoms with Gasteiger partial charge in [0.25, 0.3) is 0 Å². The molecule has 1 aromatic heterocycles. The van der Waals surface area contributed by atoms with Gasteiger partial charge in [0, 0.05) is 29.2 Å². The molecule has 0 atom stereocenters. The first-order chi connectivity index (χ1) is 13.2. The van der Waals surface area contributed by atoms with Gasteiger partial charge in [0.15, 0.2) is 11.5 Å². The average Bonchev–Trinajstić information content (AvgIpc) is 2.69. The van der Waals surface area contributed by atoms with Gasteiger partial charge in [-0.25, -0.2) is 4.98 Å². The third kappa shape index (κ3) is 3.80. The Balaban J connectivity index is 1.66. The minimum absolute atomic E-state index is 0.595. The van der Waals surface area contributed by atoms with E-state index in [9.17, 15) is 0 Å². The lowest BCUT2D eigenvalue weighted by Crippen LogP contribution is -2.29. The Hall–Kier alpha value is -2.86. The van der Waals surface area contributed by atoms with E-state index in [1.165, 1.54) is 0 Å². The van der Waals surface area contributed by atoms with Gasteiger partial charge in [-0.15, -0.1) is 5.10 Å². The van der Waals surface area contributed by atoms with Gasteiger partial charge in [-0.1, -0.05) is 35.9 Å². The van der Waals surface area contributed by atoms with Crippen molar-refractivity contribution in [2.45, 2.75) is 13.0 Å². The van der Waals surface area contributed by atoms with Crippen LogP contribution in [0.3, 0.4) is 0 Å². The molecule has 3 aromatic rings. The van der Waals surface area contributed by atoms with Gasteiger partial charge in [-0.2, -0.15) is 5.10 Å². The molecule has 0 saturated heterocycles. The fourth-order valence-corrected chi connectivity index (χ4v) is 3.21. The van der Waals surface area contributed by atoms with Gasteiger partial charge in [-0.3, -0.25) is 0 Å². The SMILES string of the molecule is COc1cccc2c1OCCCN(c1nncc(-c3ccc(Cl)cc3)n1)C2. The zero-order valence-corrected chi connectivity index (χ0v) is 15.7. The molecule has 4 rings (SSSR count). The number of methoxy groups -OCH3 is 1. The lowest BCUT2D eigenvalue weighted by Gasteiger charge is -2.27. The van der Waals surface area contributed by atoms with Crippen LogP contribution in [0, 0.1) is 0 Å². The van der Waals surface area contributed by atoms with Crippen LogP contribution in [0.4, 0.5) is 5.95 Å². The predicted molar refractivity (Wildman–Crippen MR) is 104 cm³/mol. The zero-order valence-electron chi connectivity index (χ0n) is 14.9. The van der Waals surface area contributed by atoms with Crippen molar-refractivity contribution in [1.82, 2.24) is 15.2 Å². The van der Waals surface area contributed by atoms with E-state index in [1.807, 2.05) is 42.5 Å². The highest BCUT2D eigenvalue weighted by Gasteiger charge is 2.19. The summed E-state index contributed by atoms with van der Waals surface area (Å²) in [6.07, 6.45) is 2.52. The molecule has 0 aliphatic carbocycles. The maximum Gasteiger partial charge on any atom is 0.246 e. The number of para-hydroxylation sites is 1. The molecule has 0 fully saturated rings. The molecule has 0 radical (unpaired) electrons. The van der Waals surface area contributed by atoms with E-state index < -0.39 is 0 Å². The fraction of sp³-hybridized carbons (Fsp3) is 0.250. The van der Waals surface area contributed by atoms with Crippen LogP contribution in [-0.2, 0) is 6.54 Å². The van der Waals surface area contributed by atoms with Crippen molar-refractivity contribution in [2.75, 3.05) is 25.2 Å². The van der Waals surface area contributed by atoms with Gasteiger partial charge in [0.05, 0.1) is 25.6 Å². The van der Waals surface area contributed by atoms with Crippen LogP contribution in [0.25, 0.3) is 11.3 Å². The summed E-state index contributed by atoms with van der Waals surface area (Å²) >= 11 is 5.98. The molecule has 0 bridgehead atoms. The van der Waals surface area contributed by atoms with E-state index in [1.54, 1.807) is 13.3 Å². The maximum absolute atomic E-state index is 5.98. The molecule has 1 aliphatic heterocycles. The highest BCUT2D eigenvalue weighted by Crippen LogP contribution is 2.33. The Labute approximate surface area is 162 Å². The summed E-state index contributed by atoms with van der Waals surface area (Å²) in [5.41, 5.74) is 2.75. The Morgan fingerprint density at radius 1 is 1.15 bits per heavy atom. The molecule has 2 heterocycles. The van der Waals surface area contributed by atoms with Crippen LogP contribution in [-0.4, -0.2) is 35.4 Å². The summed E-state index contributed by atoms with van der Waals surface area (Å²) in [6.45, 7) is 2.01. The summed E-state index contributed by atoms with van der Waals surface area (Å²) in [4.78, 5) is 6.84. The molecule has 138 valence electrons. The predicted octanol–water partition coefficient (Wildman–Crippen LogP) is 3.99. The highest BCUT2D eigenvalue weighted by atomic mass is 35.5. The maximum atomic E-state index is 5.98. The standard InChI is InChI=1S/C20H19ClN4O2/c1-26-18-5-2-4-15-13-25(10-3-11-27-19(15)18)20-23-17(12-22-24-20)14-6-8-16(21)9-7-14/h2,4-9,12H,3,10-11,13H2,1H3. The molecule has 6 nitrogen and oxygen atoms in total. The summed E-state index contributed by atoms with van der Waals surface area (Å²) in [7, 11) is 1.65. The minimum Gasteiger partial charge on any atom is -0.493 e. The monoisotopic (exact) mass is 382 g/mol. The molecule has 0 unspecified atom stereocenters. The van der Waals surface area contributed by atoms with E-state index in [4.69, 9.17) is 26.1 Å². The van der Waals surface area contributed by atoms with Crippen molar-refractivity contribution >= 4 is 17.5 Å². The topological polar surface area (TPSA) is 60.4 Å². The first kappa shape index (κ1) is 17.5. The quantitative estimate of drug-likeness (QED) is 0.682.